The maximum atomic E-state index is 12.4. The molecule has 2 amide bonds. The van der Waals surface area contributed by atoms with Gasteiger partial charge in [-0.3, -0.25) is 15.0 Å². The van der Waals surface area contributed by atoms with Gasteiger partial charge in [0.2, 0.25) is 5.91 Å². The van der Waals surface area contributed by atoms with E-state index in [1.54, 1.807) is 0 Å². The van der Waals surface area contributed by atoms with Crippen LogP contribution in [-0.4, -0.2) is 42.1 Å². The standard InChI is InChI=1S/C18H22N4O3S/c1-11-6-12(2)8-13(7-11)19-16(23)10-22-5-4-14-15(9-22)26-17(20-14)21-18(24)25-3/h6-8H,4-5,9-10H2,1-3H3,(H,19,23)(H,20,21,24). The van der Waals surface area contributed by atoms with Crippen LogP contribution in [0.15, 0.2) is 18.2 Å². The summed E-state index contributed by atoms with van der Waals surface area (Å²) in [7, 11) is 1.32. The number of rotatable bonds is 4. The van der Waals surface area contributed by atoms with Gasteiger partial charge in [0.05, 0.1) is 19.3 Å². The normalized spacial score (nSPS) is 13.8. The average Bonchev–Trinajstić information content (AvgIpc) is 2.94. The van der Waals surface area contributed by atoms with Crippen molar-refractivity contribution >= 4 is 34.2 Å². The summed E-state index contributed by atoms with van der Waals surface area (Å²) in [6.45, 7) is 5.76. The number of nitrogens with zero attached hydrogens (tertiary/aromatic N) is 2. The molecule has 2 N–H and O–H groups in total. The lowest BCUT2D eigenvalue weighted by Crippen LogP contribution is -2.36. The highest BCUT2D eigenvalue weighted by molar-refractivity contribution is 7.15. The number of ether oxygens (including phenoxy) is 1. The molecule has 138 valence electrons. The molecule has 3 rings (SSSR count). The minimum atomic E-state index is -0.527. The minimum absolute atomic E-state index is 0.0316. The minimum Gasteiger partial charge on any atom is -0.453 e. The second-order valence-electron chi connectivity index (χ2n) is 6.39. The summed E-state index contributed by atoms with van der Waals surface area (Å²) in [6.07, 6.45) is 0.228. The van der Waals surface area contributed by atoms with E-state index in [0.29, 0.717) is 18.2 Å². The molecule has 0 radical (unpaired) electrons. The lowest BCUT2D eigenvalue weighted by atomic mass is 10.1. The van der Waals surface area contributed by atoms with Crippen LogP contribution in [0.5, 0.6) is 0 Å². The topological polar surface area (TPSA) is 83.6 Å². The van der Waals surface area contributed by atoms with Crippen LogP contribution in [0, 0.1) is 13.8 Å². The molecule has 0 saturated carbocycles. The third-order valence-corrected chi connectivity index (χ3v) is 5.08. The number of benzene rings is 1. The van der Waals surface area contributed by atoms with E-state index in [1.165, 1.54) is 18.4 Å². The number of amides is 2. The third kappa shape index (κ3) is 4.59. The largest absolute Gasteiger partial charge is 0.453 e. The van der Waals surface area contributed by atoms with E-state index in [1.807, 2.05) is 26.0 Å². The van der Waals surface area contributed by atoms with Crippen molar-refractivity contribution in [3.8, 4) is 0 Å². The molecule has 8 heteroatoms. The molecule has 0 saturated heterocycles. The maximum Gasteiger partial charge on any atom is 0.413 e. The van der Waals surface area contributed by atoms with Crippen molar-refractivity contribution in [2.24, 2.45) is 0 Å². The zero-order valence-electron chi connectivity index (χ0n) is 15.1. The van der Waals surface area contributed by atoms with E-state index in [4.69, 9.17) is 0 Å². The Morgan fingerprint density at radius 3 is 2.65 bits per heavy atom. The molecule has 0 unspecified atom stereocenters. The summed E-state index contributed by atoms with van der Waals surface area (Å²) in [5.74, 6) is -0.0316. The molecule has 1 aliphatic heterocycles. The Bertz CT molecular complexity index is 814. The third-order valence-electron chi connectivity index (χ3n) is 4.08. The second-order valence-corrected chi connectivity index (χ2v) is 7.47. The molecular formula is C18H22N4O3S. The number of carbonyl (C=O) groups excluding carboxylic acids is 2. The van der Waals surface area contributed by atoms with Gasteiger partial charge in [-0.1, -0.05) is 17.4 Å². The van der Waals surface area contributed by atoms with Gasteiger partial charge in [0.15, 0.2) is 5.13 Å². The molecule has 0 spiro atoms. The van der Waals surface area contributed by atoms with E-state index in [-0.39, 0.29) is 5.91 Å². The fourth-order valence-corrected chi connectivity index (χ4v) is 4.06. The first-order chi connectivity index (χ1) is 12.4. The fraction of sp³-hybridized carbons (Fsp3) is 0.389. The van der Waals surface area contributed by atoms with Crippen molar-refractivity contribution in [3.05, 3.63) is 39.9 Å². The molecule has 2 heterocycles. The lowest BCUT2D eigenvalue weighted by Gasteiger charge is -2.25. The Kier molecular flexibility index (Phi) is 5.53. The summed E-state index contributed by atoms with van der Waals surface area (Å²) in [4.78, 5) is 31.2. The first-order valence-electron chi connectivity index (χ1n) is 8.37. The number of hydrogen-bond donors (Lipinski definition) is 2. The van der Waals surface area contributed by atoms with Gasteiger partial charge in [-0.2, -0.15) is 0 Å². The highest BCUT2D eigenvalue weighted by atomic mass is 32.1. The number of hydrogen-bond acceptors (Lipinski definition) is 6. The summed E-state index contributed by atoms with van der Waals surface area (Å²) >= 11 is 1.42. The predicted molar refractivity (Wildman–Crippen MR) is 102 cm³/mol. The first-order valence-corrected chi connectivity index (χ1v) is 9.18. The molecule has 0 aliphatic carbocycles. The summed E-state index contributed by atoms with van der Waals surface area (Å²) in [5, 5.41) is 6.09. The number of aromatic nitrogens is 1. The van der Waals surface area contributed by atoms with Crippen LogP contribution in [0.25, 0.3) is 0 Å². The monoisotopic (exact) mass is 374 g/mol. The lowest BCUT2D eigenvalue weighted by molar-refractivity contribution is -0.117. The van der Waals surface area contributed by atoms with Gasteiger partial charge in [0.1, 0.15) is 0 Å². The van der Waals surface area contributed by atoms with Gasteiger partial charge in [0.25, 0.3) is 0 Å². The van der Waals surface area contributed by atoms with Crippen LogP contribution in [0.1, 0.15) is 21.7 Å². The molecule has 7 nitrogen and oxygen atoms in total. The van der Waals surface area contributed by atoms with Gasteiger partial charge in [0, 0.05) is 30.1 Å². The molecule has 1 aliphatic rings. The van der Waals surface area contributed by atoms with Gasteiger partial charge in [-0.05, 0) is 37.1 Å². The van der Waals surface area contributed by atoms with Crippen molar-refractivity contribution in [2.75, 3.05) is 30.8 Å². The van der Waals surface area contributed by atoms with Crippen molar-refractivity contribution in [1.29, 1.82) is 0 Å². The Balaban J connectivity index is 1.58. The number of anilines is 2. The van der Waals surface area contributed by atoms with Crippen LogP contribution in [0.2, 0.25) is 0 Å². The SMILES string of the molecule is COC(=O)Nc1nc2c(s1)CN(CC(=O)Nc1cc(C)cc(C)c1)CC2. The van der Waals surface area contributed by atoms with Gasteiger partial charge in [-0.25, -0.2) is 9.78 Å². The van der Waals surface area contributed by atoms with Crippen molar-refractivity contribution < 1.29 is 14.3 Å². The van der Waals surface area contributed by atoms with Crippen LogP contribution in [0.4, 0.5) is 15.6 Å². The number of aryl methyl sites for hydroxylation is 2. The van der Waals surface area contributed by atoms with Crippen LogP contribution in [0.3, 0.4) is 0 Å². The van der Waals surface area contributed by atoms with Crippen LogP contribution >= 0.6 is 11.3 Å². The van der Waals surface area contributed by atoms with Crippen molar-refractivity contribution in [2.45, 2.75) is 26.8 Å². The van der Waals surface area contributed by atoms with Gasteiger partial charge >= 0.3 is 6.09 Å². The predicted octanol–water partition coefficient (Wildman–Crippen LogP) is 2.94. The van der Waals surface area contributed by atoms with E-state index >= 15 is 0 Å². The molecule has 26 heavy (non-hydrogen) atoms. The molecular weight excluding hydrogens is 352 g/mol. The second kappa shape index (κ2) is 7.84. The maximum absolute atomic E-state index is 12.4. The average molecular weight is 374 g/mol. The number of thiazole rings is 1. The summed E-state index contributed by atoms with van der Waals surface area (Å²) in [5.41, 5.74) is 4.05. The molecule has 1 aromatic carbocycles. The molecule has 0 bridgehead atoms. The molecule has 1 aromatic heterocycles. The molecule has 2 aromatic rings. The number of methoxy groups -OCH3 is 1. The van der Waals surface area contributed by atoms with Gasteiger partial charge < -0.3 is 10.1 Å². The number of carbonyl (C=O) groups is 2. The fourth-order valence-electron chi connectivity index (χ4n) is 3.03. The summed E-state index contributed by atoms with van der Waals surface area (Å²) < 4.78 is 4.59. The van der Waals surface area contributed by atoms with Crippen molar-refractivity contribution in [3.63, 3.8) is 0 Å². The Labute approximate surface area is 156 Å². The zero-order valence-corrected chi connectivity index (χ0v) is 15.9. The Morgan fingerprint density at radius 1 is 1.23 bits per heavy atom. The van der Waals surface area contributed by atoms with Crippen LogP contribution < -0.4 is 10.6 Å². The highest BCUT2D eigenvalue weighted by Crippen LogP contribution is 2.28. The quantitative estimate of drug-likeness (QED) is 0.860. The zero-order chi connectivity index (χ0) is 18.7. The van der Waals surface area contributed by atoms with E-state index in [2.05, 4.69) is 31.3 Å². The Hall–Kier alpha value is -2.45. The van der Waals surface area contributed by atoms with E-state index in [0.717, 1.165) is 40.4 Å². The van der Waals surface area contributed by atoms with Crippen LogP contribution in [-0.2, 0) is 22.5 Å². The molecule has 0 atom stereocenters. The highest BCUT2D eigenvalue weighted by Gasteiger charge is 2.23. The van der Waals surface area contributed by atoms with Gasteiger partial charge in [-0.15, -0.1) is 0 Å². The first kappa shape index (κ1) is 18.3. The smallest absolute Gasteiger partial charge is 0.413 e. The van der Waals surface area contributed by atoms with E-state index in [9.17, 15) is 9.59 Å². The number of nitrogens with one attached hydrogen (secondary N) is 2. The van der Waals surface area contributed by atoms with Crippen molar-refractivity contribution in [1.82, 2.24) is 9.88 Å². The van der Waals surface area contributed by atoms with E-state index < -0.39 is 6.09 Å². The molecule has 0 fully saturated rings. The Morgan fingerprint density at radius 2 is 1.96 bits per heavy atom. The number of fused-ring (bicyclic) bond motifs is 1. The summed E-state index contributed by atoms with van der Waals surface area (Å²) in [6, 6.07) is 6.01.